The van der Waals surface area contributed by atoms with Crippen LogP contribution >= 0.6 is 0 Å². The molecule has 4 aromatic carbocycles. The van der Waals surface area contributed by atoms with Gasteiger partial charge < -0.3 is 9.47 Å². The molecule has 0 fully saturated rings. The SMILES string of the molecule is O=C(Oc1ccc(S(=O)(=O)c2ccc(OC(=O)c3cccc([N+](=O)[O-])c3)cc2)cc1)c1cccc([N+](=O)[O-])c1. The molecular formula is C26H16N2O10S. The number of ether oxygens (including phenoxy) is 2. The number of benzene rings is 4. The highest BCUT2D eigenvalue weighted by molar-refractivity contribution is 7.91. The molecule has 13 heteroatoms. The normalized spacial score (nSPS) is 10.9. The molecule has 0 amide bonds. The van der Waals surface area contributed by atoms with Crippen molar-refractivity contribution in [2.24, 2.45) is 0 Å². The number of nitrogens with zero attached hydrogens (tertiary/aromatic N) is 2. The van der Waals surface area contributed by atoms with Crippen LogP contribution in [0.2, 0.25) is 0 Å². The van der Waals surface area contributed by atoms with Crippen LogP contribution in [0.3, 0.4) is 0 Å². The van der Waals surface area contributed by atoms with Gasteiger partial charge in [-0.15, -0.1) is 0 Å². The maximum absolute atomic E-state index is 13.0. The number of rotatable bonds is 8. The molecule has 0 aromatic heterocycles. The quantitative estimate of drug-likeness (QED) is 0.129. The Bertz CT molecular complexity index is 1580. The van der Waals surface area contributed by atoms with E-state index >= 15 is 0 Å². The molecule has 0 saturated heterocycles. The topological polar surface area (TPSA) is 173 Å². The van der Waals surface area contributed by atoms with Crippen molar-refractivity contribution in [2.45, 2.75) is 9.79 Å². The van der Waals surface area contributed by atoms with E-state index in [0.29, 0.717) is 0 Å². The molecule has 0 spiro atoms. The van der Waals surface area contributed by atoms with E-state index in [2.05, 4.69) is 0 Å². The maximum Gasteiger partial charge on any atom is 0.343 e. The molecule has 196 valence electrons. The van der Waals surface area contributed by atoms with Gasteiger partial charge in [0.15, 0.2) is 0 Å². The van der Waals surface area contributed by atoms with E-state index in [0.717, 1.165) is 12.1 Å². The fourth-order valence-corrected chi connectivity index (χ4v) is 4.60. The van der Waals surface area contributed by atoms with Crippen molar-refractivity contribution in [3.63, 3.8) is 0 Å². The third-order valence-electron chi connectivity index (χ3n) is 5.27. The molecule has 0 atom stereocenters. The Hall–Kier alpha value is -5.43. The van der Waals surface area contributed by atoms with E-state index < -0.39 is 31.6 Å². The standard InChI is InChI=1S/C26H16N2O10S/c29-25(17-3-1-5-19(15-17)27(31)32)37-21-7-11-23(12-8-21)39(35,36)24-13-9-22(10-14-24)38-26(30)18-4-2-6-20(16-18)28(33)34/h1-16H. The third-order valence-corrected chi connectivity index (χ3v) is 7.06. The first kappa shape index (κ1) is 26.6. The first-order valence-corrected chi connectivity index (χ1v) is 12.4. The smallest absolute Gasteiger partial charge is 0.343 e. The maximum atomic E-state index is 13.0. The number of nitro groups is 2. The van der Waals surface area contributed by atoms with Crippen LogP contribution in [0.5, 0.6) is 11.5 Å². The lowest BCUT2D eigenvalue weighted by atomic mass is 10.2. The van der Waals surface area contributed by atoms with Crippen LogP contribution in [0.1, 0.15) is 20.7 Å². The van der Waals surface area contributed by atoms with Crippen LogP contribution in [0.4, 0.5) is 11.4 Å². The highest BCUT2D eigenvalue weighted by Crippen LogP contribution is 2.26. The lowest BCUT2D eigenvalue weighted by Gasteiger charge is -2.08. The number of nitro benzene ring substituents is 2. The van der Waals surface area contributed by atoms with Gasteiger partial charge in [-0.2, -0.15) is 0 Å². The van der Waals surface area contributed by atoms with Gasteiger partial charge in [-0.05, 0) is 60.7 Å². The van der Waals surface area contributed by atoms with Gasteiger partial charge in [0, 0.05) is 24.3 Å². The second-order valence-electron chi connectivity index (χ2n) is 7.84. The summed E-state index contributed by atoms with van der Waals surface area (Å²) >= 11 is 0. The molecular weight excluding hydrogens is 532 g/mol. The lowest BCUT2D eigenvalue weighted by molar-refractivity contribution is -0.385. The zero-order chi connectivity index (χ0) is 28.2. The van der Waals surface area contributed by atoms with Crippen molar-refractivity contribution in [1.29, 1.82) is 0 Å². The number of hydrogen-bond donors (Lipinski definition) is 0. The van der Waals surface area contributed by atoms with Gasteiger partial charge in [-0.3, -0.25) is 20.2 Å². The second kappa shape index (κ2) is 10.9. The summed E-state index contributed by atoms with van der Waals surface area (Å²) in [5.74, 6) is -1.67. The second-order valence-corrected chi connectivity index (χ2v) is 9.79. The first-order chi connectivity index (χ1) is 18.5. The van der Waals surface area contributed by atoms with Crippen LogP contribution in [0, 0.1) is 20.2 Å². The summed E-state index contributed by atoms with van der Waals surface area (Å²) in [6, 6.07) is 19.9. The summed E-state index contributed by atoms with van der Waals surface area (Å²) in [7, 11) is -3.99. The zero-order valence-corrected chi connectivity index (χ0v) is 20.4. The van der Waals surface area contributed by atoms with Crippen LogP contribution < -0.4 is 9.47 Å². The average Bonchev–Trinajstić information content (AvgIpc) is 2.93. The Kier molecular flexibility index (Phi) is 7.44. The minimum Gasteiger partial charge on any atom is -0.423 e. The molecule has 39 heavy (non-hydrogen) atoms. The van der Waals surface area contributed by atoms with Crippen LogP contribution in [-0.2, 0) is 9.84 Å². The Balaban J connectivity index is 1.44. The summed E-state index contributed by atoms with van der Waals surface area (Å²) in [5.41, 5.74) is -0.661. The van der Waals surface area contributed by atoms with Gasteiger partial charge in [-0.1, -0.05) is 12.1 Å². The van der Waals surface area contributed by atoms with Crippen LogP contribution in [0.15, 0.2) is 107 Å². The molecule has 0 N–H and O–H groups in total. The van der Waals surface area contributed by atoms with Crippen molar-refractivity contribution < 1.29 is 37.3 Å². The Labute approximate surface area is 220 Å². The summed E-state index contributed by atoms with van der Waals surface area (Å²) in [6.45, 7) is 0. The molecule has 0 radical (unpaired) electrons. The Morgan fingerprint density at radius 2 is 0.949 bits per heavy atom. The zero-order valence-electron chi connectivity index (χ0n) is 19.6. The van der Waals surface area contributed by atoms with Crippen molar-refractivity contribution in [1.82, 2.24) is 0 Å². The van der Waals surface area contributed by atoms with Crippen molar-refractivity contribution in [3.05, 3.63) is 128 Å². The fourth-order valence-electron chi connectivity index (χ4n) is 3.33. The number of carbonyl (C=O) groups is 2. The average molecular weight is 548 g/mol. The monoisotopic (exact) mass is 548 g/mol. The Morgan fingerprint density at radius 1 is 0.590 bits per heavy atom. The van der Waals surface area contributed by atoms with Gasteiger partial charge in [0.05, 0.1) is 30.8 Å². The van der Waals surface area contributed by atoms with E-state index in [1.807, 2.05) is 0 Å². The van der Waals surface area contributed by atoms with Gasteiger partial charge in [-0.25, -0.2) is 18.0 Å². The molecule has 12 nitrogen and oxygen atoms in total. The van der Waals surface area contributed by atoms with Gasteiger partial charge in [0.25, 0.3) is 11.4 Å². The summed E-state index contributed by atoms with van der Waals surface area (Å²) < 4.78 is 36.4. The fraction of sp³-hybridized carbons (Fsp3) is 0. The van der Waals surface area contributed by atoms with E-state index in [4.69, 9.17) is 9.47 Å². The number of sulfone groups is 1. The van der Waals surface area contributed by atoms with Gasteiger partial charge in [0.1, 0.15) is 11.5 Å². The first-order valence-electron chi connectivity index (χ1n) is 10.9. The lowest BCUT2D eigenvalue weighted by Crippen LogP contribution is -2.09. The van der Waals surface area contributed by atoms with Gasteiger partial charge >= 0.3 is 11.9 Å². The highest BCUT2D eigenvalue weighted by Gasteiger charge is 2.20. The molecule has 0 unspecified atom stereocenters. The van der Waals surface area contributed by atoms with E-state index in [1.165, 1.54) is 84.9 Å². The highest BCUT2D eigenvalue weighted by atomic mass is 32.2. The third kappa shape index (κ3) is 6.11. The van der Waals surface area contributed by atoms with Gasteiger partial charge in [0.2, 0.25) is 9.84 Å². The molecule has 0 aliphatic carbocycles. The Morgan fingerprint density at radius 3 is 1.28 bits per heavy atom. The van der Waals surface area contributed by atoms with Crippen molar-refractivity contribution in [3.8, 4) is 11.5 Å². The predicted octanol–water partition coefficient (Wildman–Crippen LogP) is 4.77. The predicted molar refractivity (Wildman–Crippen MR) is 134 cm³/mol. The molecule has 0 bridgehead atoms. The molecule has 0 saturated carbocycles. The minimum atomic E-state index is -3.99. The molecule has 0 heterocycles. The molecule has 4 rings (SSSR count). The largest absolute Gasteiger partial charge is 0.423 e. The van der Waals surface area contributed by atoms with E-state index in [-0.39, 0.29) is 43.8 Å². The number of esters is 2. The van der Waals surface area contributed by atoms with Crippen LogP contribution in [-0.4, -0.2) is 30.2 Å². The molecule has 4 aromatic rings. The number of hydrogen-bond acceptors (Lipinski definition) is 10. The molecule has 0 aliphatic heterocycles. The summed E-state index contributed by atoms with van der Waals surface area (Å²) in [4.78, 5) is 44.9. The number of non-ortho nitro benzene ring substituents is 2. The van der Waals surface area contributed by atoms with E-state index in [9.17, 15) is 38.2 Å². The van der Waals surface area contributed by atoms with Crippen LogP contribution in [0.25, 0.3) is 0 Å². The number of carbonyl (C=O) groups excluding carboxylic acids is 2. The molecule has 0 aliphatic rings. The summed E-state index contributed by atoms with van der Waals surface area (Å²) in [6.07, 6.45) is 0. The van der Waals surface area contributed by atoms with Crippen molar-refractivity contribution in [2.75, 3.05) is 0 Å². The minimum absolute atomic E-state index is 0.0221. The summed E-state index contributed by atoms with van der Waals surface area (Å²) in [5, 5.41) is 21.8. The van der Waals surface area contributed by atoms with E-state index in [1.54, 1.807) is 0 Å². The van der Waals surface area contributed by atoms with Crippen molar-refractivity contribution >= 4 is 33.2 Å².